The number of rotatable bonds is 9. The monoisotopic (exact) mass is 411 g/mol. The maximum atomic E-state index is 12.7. The molecule has 0 bridgehead atoms. The number of nitrogens with one attached hydrogen (secondary N) is 2. The van der Waals surface area contributed by atoms with Crippen molar-refractivity contribution in [1.29, 1.82) is 0 Å². The molecule has 7 nitrogen and oxygen atoms in total. The lowest BCUT2D eigenvalue weighted by Gasteiger charge is -2.07. The predicted molar refractivity (Wildman–Crippen MR) is 114 cm³/mol. The van der Waals surface area contributed by atoms with Crippen LogP contribution in [0.15, 0.2) is 52.6 Å². The van der Waals surface area contributed by atoms with Crippen molar-refractivity contribution in [2.45, 2.75) is 38.3 Å². The molecule has 3 aromatic rings. The molecule has 0 aliphatic heterocycles. The molecule has 0 spiro atoms. The van der Waals surface area contributed by atoms with E-state index in [1.54, 1.807) is 15.9 Å². The lowest BCUT2D eigenvalue weighted by molar-refractivity contribution is 0.240. The molecule has 29 heavy (non-hydrogen) atoms. The van der Waals surface area contributed by atoms with Crippen LogP contribution >= 0.6 is 11.3 Å². The number of aryl methyl sites for hydroxylation is 1. The van der Waals surface area contributed by atoms with E-state index in [-0.39, 0.29) is 17.8 Å². The van der Waals surface area contributed by atoms with Crippen LogP contribution in [-0.2, 0) is 13.0 Å². The molecule has 1 aromatic carbocycles. The SMILES string of the molecule is O=C(NCCCc1ccccc1)NCCn1nc(-c2cccs2)n(C2CC2)c1=O. The Morgan fingerprint density at radius 2 is 1.90 bits per heavy atom. The Morgan fingerprint density at radius 1 is 1.10 bits per heavy atom. The minimum atomic E-state index is -0.216. The van der Waals surface area contributed by atoms with Crippen molar-refractivity contribution in [2.24, 2.45) is 0 Å². The van der Waals surface area contributed by atoms with Crippen molar-refractivity contribution < 1.29 is 4.79 Å². The van der Waals surface area contributed by atoms with Crippen LogP contribution in [0.4, 0.5) is 4.79 Å². The van der Waals surface area contributed by atoms with Gasteiger partial charge in [0.05, 0.1) is 11.4 Å². The van der Waals surface area contributed by atoms with E-state index in [1.165, 1.54) is 10.2 Å². The maximum absolute atomic E-state index is 12.7. The topological polar surface area (TPSA) is 81.0 Å². The molecule has 2 aromatic heterocycles. The summed E-state index contributed by atoms with van der Waals surface area (Å²) in [5.41, 5.74) is 1.17. The Morgan fingerprint density at radius 3 is 2.62 bits per heavy atom. The zero-order valence-electron chi connectivity index (χ0n) is 16.2. The maximum Gasteiger partial charge on any atom is 0.346 e. The van der Waals surface area contributed by atoms with Gasteiger partial charge in [-0.1, -0.05) is 36.4 Å². The van der Waals surface area contributed by atoms with Crippen LogP contribution in [-0.4, -0.2) is 33.5 Å². The fourth-order valence-corrected chi connectivity index (χ4v) is 3.98. The highest BCUT2D eigenvalue weighted by Gasteiger charge is 2.30. The van der Waals surface area contributed by atoms with E-state index in [2.05, 4.69) is 27.9 Å². The average Bonchev–Trinajstić information content (AvgIpc) is 3.31. The van der Waals surface area contributed by atoms with Crippen LogP contribution < -0.4 is 16.3 Å². The molecule has 1 aliphatic rings. The first-order valence-corrected chi connectivity index (χ1v) is 10.9. The first kappa shape index (κ1) is 19.4. The number of carbonyl (C=O) groups is 1. The minimum Gasteiger partial charge on any atom is -0.338 e. The number of thiophene rings is 1. The highest BCUT2D eigenvalue weighted by Crippen LogP contribution is 2.37. The molecular weight excluding hydrogens is 386 g/mol. The van der Waals surface area contributed by atoms with Gasteiger partial charge in [0.1, 0.15) is 0 Å². The molecule has 0 unspecified atom stereocenters. The van der Waals surface area contributed by atoms with Crippen LogP contribution in [0, 0.1) is 0 Å². The number of urea groups is 1. The van der Waals surface area contributed by atoms with Crippen LogP contribution in [0.1, 0.15) is 30.9 Å². The number of aromatic nitrogens is 3. The molecule has 2 heterocycles. The summed E-state index contributed by atoms with van der Waals surface area (Å²) in [6.45, 7) is 1.32. The number of amides is 2. The number of carbonyl (C=O) groups excluding carboxylic acids is 1. The summed E-state index contributed by atoms with van der Waals surface area (Å²) in [4.78, 5) is 25.7. The summed E-state index contributed by atoms with van der Waals surface area (Å²) in [5.74, 6) is 0.734. The van der Waals surface area contributed by atoms with Gasteiger partial charge in [-0.2, -0.15) is 0 Å². The van der Waals surface area contributed by atoms with Gasteiger partial charge in [0.25, 0.3) is 0 Å². The molecule has 1 saturated carbocycles. The summed E-state index contributed by atoms with van der Waals surface area (Å²) in [6, 6.07) is 14.2. The molecule has 1 fully saturated rings. The second kappa shape index (κ2) is 9.09. The van der Waals surface area contributed by atoms with Crippen LogP contribution in [0.25, 0.3) is 10.7 Å². The molecule has 2 amide bonds. The molecule has 4 rings (SSSR count). The van der Waals surface area contributed by atoms with Gasteiger partial charge in [-0.3, -0.25) is 4.57 Å². The lowest BCUT2D eigenvalue weighted by Crippen LogP contribution is -2.39. The molecule has 2 N–H and O–H groups in total. The third-order valence-electron chi connectivity index (χ3n) is 4.90. The molecular formula is C21H25N5O2S. The highest BCUT2D eigenvalue weighted by molar-refractivity contribution is 7.13. The van der Waals surface area contributed by atoms with Crippen LogP contribution in [0.2, 0.25) is 0 Å². The fraction of sp³-hybridized carbons (Fsp3) is 0.381. The second-order valence-electron chi connectivity index (χ2n) is 7.18. The summed E-state index contributed by atoms with van der Waals surface area (Å²) in [5, 5.41) is 12.2. The first-order valence-electron chi connectivity index (χ1n) is 10.0. The zero-order chi connectivity index (χ0) is 20.1. The van der Waals surface area contributed by atoms with Crippen molar-refractivity contribution in [2.75, 3.05) is 13.1 Å². The van der Waals surface area contributed by atoms with Crippen LogP contribution in [0.5, 0.6) is 0 Å². The Hall–Kier alpha value is -2.87. The smallest absolute Gasteiger partial charge is 0.338 e. The fourth-order valence-electron chi connectivity index (χ4n) is 3.28. The highest BCUT2D eigenvalue weighted by atomic mass is 32.1. The van der Waals surface area contributed by atoms with E-state index in [0.29, 0.717) is 19.6 Å². The molecule has 8 heteroatoms. The molecule has 1 aliphatic carbocycles. The van der Waals surface area contributed by atoms with E-state index in [1.807, 2.05) is 35.7 Å². The van der Waals surface area contributed by atoms with Gasteiger partial charge in [-0.25, -0.2) is 14.3 Å². The summed E-state index contributed by atoms with van der Waals surface area (Å²) >= 11 is 1.58. The van der Waals surface area contributed by atoms with Gasteiger partial charge in [0.15, 0.2) is 5.82 Å². The zero-order valence-corrected chi connectivity index (χ0v) is 17.0. The Kier molecular flexibility index (Phi) is 6.09. The van der Waals surface area contributed by atoms with Gasteiger partial charge in [-0.05, 0) is 42.7 Å². The largest absolute Gasteiger partial charge is 0.346 e. The van der Waals surface area contributed by atoms with E-state index < -0.39 is 0 Å². The molecule has 0 radical (unpaired) electrons. The minimum absolute atomic E-state index is 0.0963. The third-order valence-corrected chi connectivity index (χ3v) is 5.77. The third kappa shape index (κ3) is 4.95. The van der Waals surface area contributed by atoms with Gasteiger partial charge in [-0.15, -0.1) is 16.4 Å². The average molecular weight is 412 g/mol. The van der Waals surface area contributed by atoms with Crippen molar-refractivity contribution in [3.05, 3.63) is 63.9 Å². The Balaban J connectivity index is 1.25. The van der Waals surface area contributed by atoms with E-state index in [0.717, 1.165) is 36.4 Å². The Labute approximate surface area is 173 Å². The lowest BCUT2D eigenvalue weighted by atomic mass is 10.1. The second-order valence-corrected chi connectivity index (χ2v) is 8.13. The normalized spacial score (nSPS) is 13.4. The van der Waals surface area contributed by atoms with Gasteiger partial charge >= 0.3 is 11.7 Å². The van der Waals surface area contributed by atoms with E-state index >= 15 is 0 Å². The standard InChI is InChI=1S/C21H25N5O2S/c27-20(22-12-4-8-16-6-2-1-3-7-16)23-13-14-25-21(28)26(17-10-11-17)19(24-25)18-9-5-15-29-18/h1-3,5-7,9,15,17H,4,8,10-14H2,(H2,22,23,27). The predicted octanol–water partition coefficient (Wildman–Crippen LogP) is 3.04. The molecule has 152 valence electrons. The van der Waals surface area contributed by atoms with Crippen molar-refractivity contribution in [3.63, 3.8) is 0 Å². The van der Waals surface area contributed by atoms with Crippen molar-refractivity contribution in [3.8, 4) is 10.7 Å². The molecule has 0 saturated heterocycles. The summed E-state index contributed by atoms with van der Waals surface area (Å²) in [6.07, 6.45) is 3.86. The number of benzene rings is 1. The molecule has 0 atom stereocenters. The van der Waals surface area contributed by atoms with Crippen LogP contribution in [0.3, 0.4) is 0 Å². The van der Waals surface area contributed by atoms with E-state index in [4.69, 9.17) is 0 Å². The Bertz CT molecular complexity index is 990. The summed E-state index contributed by atoms with van der Waals surface area (Å²) in [7, 11) is 0. The van der Waals surface area contributed by atoms with Gasteiger partial charge in [0.2, 0.25) is 0 Å². The quantitative estimate of drug-likeness (QED) is 0.531. The summed E-state index contributed by atoms with van der Waals surface area (Å²) < 4.78 is 3.26. The number of nitrogens with zero attached hydrogens (tertiary/aromatic N) is 3. The number of hydrogen-bond acceptors (Lipinski definition) is 4. The van der Waals surface area contributed by atoms with Crippen molar-refractivity contribution in [1.82, 2.24) is 25.0 Å². The van der Waals surface area contributed by atoms with Crippen molar-refractivity contribution >= 4 is 17.4 Å². The number of hydrogen-bond donors (Lipinski definition) is 2. The first-order chi connectivity index (χ1) is 14.2. The van der Waals surface area contributed by atoms with Gasteiger partial charge in [0, 0.05) is 19.1 Å². The van der Waals surface area contributed by atoms with Gasteiger partial charge < -0.3 is 10.6 Å². The van der Waals surface area contributed by atoms with E-state index in [9.17, 15) is 9.59 Å².